The van der Waals surface area contributed by atoms with Crippen LogP contribution in [-0.4, -0.2) is 40.2 Å². The zero-order valence-corrected chi connectivity index (χ0v) is 31.3. The molecule has 5 nitrogen and oxygen atoms in total. The van der Waals surface area contributed by atoms with E-state index >= 15 is 0 Å². The number of hydrogen-bond acceptors (Lipinski definition) is 4. The minimum atomic E-state index is -1.53. The lowest BCUT2D eigenvalue weighted by Gasteiger charge is -2.26. The van der Waals surface area contributed by atoms with Crippen LogP contribution in [0.5, 0.6) is 0 Å². The monoisotopic (exact) mass is 670 g/mol. The predicted molar refractivity (Wildman–Crippen MR) is 204 cm³/mol. The number of carbonyl (C=O) groups excluding carboxylic acids is 2. The second-order valence-electron chi connectivity index (χ2n) is 14.2. The van der Waals surface area contributed by atoms with E-state index in [1.165, 1.54) is 135 Å². The summed E-state index contributed by atoms with van der Waals surface area (Å²) in [6, 6.07) is 7.51. The van der Waals surface area contributed by atoms with Gasteiger partial charge in [0.15, 0.2) is 5.78 Å². The number of aliphatic hydroxyl groups excluding tert-OH is 2. The molecule has 0 saturated carbocycles. The molecule has 1 aromatic rings. The van der Waals surface area contributed by atoms with Crippen molar-refractivity contribution in [1.29, 1.82) is 0 Å². The van der Waals surface area contributed by atoms with Gasteiger partial charge in [-0.15, -0.1) is 0 Å². The third-order valence-electron chi connectivity index (χ3n) is 9.68. The highest BCUT2D eigenvalue weighted by atomic mass is 16.3. The van der Waals surface area contributed by atoms with E-state index in [0.29, 0.717) is 12.0 Å². The molecule has 276 valence electrons. The van der Waals surface area contributed by atoms with E-state index in [9.17, 15) is 19.8 Å². The molecule has 48 heavy (non-hydrogen) atoms. The summed E-state index contributed by atoms with van der Waals surface area (Å²) in [5.41, 5.74) is 0.365. The molecule has 0 spiro atoms. The fraction of sp³-hybridized carbons (Fsp3) is 0.767. The number of benzene rings is 1. The lowest BCUT2D eigenvalue weighted by atomic mass is 9.95. The van der Waals surface area contributed by atoms with E-state index in [4.69, 9.17) is 0 Å². The fourth-order valence-corrected chi connectivity index (χ4v) is 6.48. The first-order valence-electron chi connectivity index (χ1n) is 20.4. The number of allylic oxidation sites excluding steroid dienone is 1. The lowest BCUT2D eigenvalue weighted by molar-refractivity contribution is -0.123. The Bertz CT molecular complexity index is 901. The molecule has 0 heterocycles. The summed E-state index contributed by atoms with van der Waals surface area (Å²) in [7, 11) is 0. The van der Waals surface area contributed by atoms with Crippen LogP contribution in [0.2, 0.25) is 0 Å². The first-order valence-corrected chi connectivity index (χ1v) is 20.4. The molecule has 3 N–H and O–H groups in total. The molecule has 3 atom stereocenters. The Labute approximate surface area is 296 Å². The Kier molecular flexibility index (Phi) is 29.6. The number of aliphatic hydroxyl groups is 2. The zero-order chi connectivity index (χ0) is 34.9. The number of amides is 1. The van der Waals surface area contributed by atoms with Crippen LogP contribution in [0, 0.1) is 0 Å². The van der Waals surface area contributed by atoms with Crippen LogP contribution in [0.15, 0.2) is 42.5 Å². The molecule has 0 aliphatic rings. The maximum absolute atomic E-state index is 13.0. The van der Waals surface area contributed by atoms with E-state index < -0.39 is 24.0 Å². The standard InChI is InChI=1S/C43H75NO4/c1-3-5-7-9-11-13-15-17-18-20-22-24-26-28-33-37-40(46)44-41(43(48)42(47)38-34-30-29-31-35-38)39(45)36-32-27-25-23-21-19-16-14-12-10-8-6-4-2/h29-32,34-36,39,41,43,45,48H,3-28,33,37H2,1-2H3,(H,44,46). The van der Waals surface area contributed by atoms with Gasteiger partial charge in [0, 0.05) is 12.0 Å². The minimum Gasteiger partial charge on any atom is -0.387 e. The van der Waals surface area contributed by atoms with E-state index in [1.54, 1.807) is 30.3 Å². The number of Topliss-reactive ketones (excluding diaryl/α,β-unsaturated/α-hetero) is 1. The van der Waals surface area contributed by atoms with Crippen molar-refractivity contribution in [2.24, 2.45) is 0 Å². The maximum atomic E-state index is 13.0. The molecule has 0 aliphatic heterocycles. The molecule has 0 aromatic heterocycles. The largest absolute Gasteiger partial charge is 0.387 e. The van der Waals surface area contributed by atoms with Gasteiger partial charge in [0.2, 0.25) is 5.91 Å². The lowest BCUT2D eigenvalue weighted by Crippen LogP contribution is -2.53. The van der Waals surface area contributed by atoms with Crippen molar-refractivity contribution in [2.75, 3.05) is 0 Å². The molecule has 0 radical (unpaired) electrons. The molecule has 1 amide bonds. The zero-order valence-electron chi connectivity index (χ0n) is 31.3. The fourth-order valence-electron chi connectivity index (χ4n) is 6.48. The molecule has 0 bridgehead atoms. The summed E-state index contributed by atoms with van der Waals surface area (Å²) in [6.07, 6.45) is 35.1. The summed E-state index contributed by atoms with van der Waals surface area (Å²) in [5, 5.41) is 24.8. The number of hydrogen-bond donors (Lipinski definition) is 3. The van der Waals surface area contributed by atoms with Crippen molar-refractivity contribution in [2.45, 2.75) is 212 Å². The highest BCUT2D eigenvalue weighted by Gasteiger charge is 2.32. The maximum Gasteiger partial charge on any atom is 0.220 e. The molecular formula is C43H75NO4. The molecule has 0 saturated heterocycles. The van der Waals surface area contributed by atoms with Gasteiger partial charge in [0.25, 0.3) is 0 Å². The Hall–Kier alpha value is -1.98. The minimum absolute atomic E-state index is 0.229. The molecule has 1 aromatic carbocycles. The van der Waals surface area contributed by atoms with E-state index in [2.05, 4.69) is 19.2 Å². The highest BCUT2D eigenvalue weighted by molar-refractivity contribution is 6.00. The summed E-state index contributed by atoms with van der Waals surface area (Å²) in [6.45, 7) is 4.52. The van der Waals surface area contributed by atoms with E-state index in [0.717, 1.165) is 38.5 Å². The van der Waals surface area contributed by atoms with Gasteiger partial charge < -0.3 is 15.5 Å². The average molecular weight is 670 g/mol. The SMILES string of the molecule is CCCCCCCCCCCCCC=CC(O)C(NC(=O)CCCCCCCCCCCCCCCCC)C(O)C(=O)c1ccccc1. The number of nitrogens with one attached hydrogen (secondary N) is 1. The van der Waals surface area contributed by atoms with Crippen LogP contribution >= 0.6 is 0 Å². The van der Waals surface area contributed by atoms with Crippen molar-refractivity contribution in [1.82, 2.24) is 5.32 Å². The topological polar surface area (TPSA) is 86.6 Å². The number of carbonyl (C=O) groups is 2. The van der Waals surface area contributed by atoms with Gasteiger partial charge >= 0.3 is 0 Å². The van der Waals surface area contributed by atoms with E-state index in [1.807, 2.05) is 12.1 Å². The normalized spacial score (nSPS) is 13.5. The van der Waals surface area contributed by atoms with Crippen molar-refractivity contribution in [3.8, 4) is 0 Å². The van der Waals surface area contributed by atoms with Crippen LogP contribution < -0.4 is 5.32 Å². The molecule has 5 heteroatoms. The summed E-state index contributed by atoms with van der Waals surface area (Å²) in [5.74, 6) is -0.724. The van der Waals surface area contributed by atoms with Crippen LogP contribution in [0.3, 0.4) is 0 Å². The third kappa shape index (κ3) is 24.2. The molecule has 3 unspecified atom stereocenters. The average Bonchev–Trinajstić information content (AvgIpc) is 3.10. The Morgan fingerprint density at radius 1 is 0.583 bits per heavy atom. The summed E-state index contributed by atoms with van der Waals surface area (Å²) >= 11 is 0. The second-order valence-corrected chi connectivity index (χ2v) is 14.2. The summed E-state index contributed by atoms with van der Waals surface area (Å²) in [4.78, 5) is 25.9. The Morgan fingerprint density at radius 2 is 0.979 bits per heavy atom. The van der Waals surface area contributed by atoms with Crippen LogP contribution in [-0.2, 0) is 4.79 Å². The van der Waals surface area contributed by atoms with Crippen molar-refractivity contribution in [3.63, 3.8) is 0 Å². The predicted octanol–water partition coefficient (Wildman–Crippen LogP) is 11.6. The Morgan fingerprint density at radius 3 is 1.42 bits per heavy atom. The Balaban J connectivity index is 2.34. The van der Waals surface area contributed by atoms with Crippen molar-refractivity contribution >= 4 is 11.7 Å². The van der Waals surface area contributed by atoms with Crippen LogP contribution in [0.1, 0.15) is 204 Å². The number of unbranched alkanes of at least 4 members (excludes halogenated alkanes) is 25. The quantitative estimate of drug-likeness (QED) is 0.0387. The smallest absolute Gasteiger partial charge is 0.220 e. The molecular weight excluding hydrogens is 594 g/mol. The van der Waals surface area contributed by atoms with Gasteiger partial charge in [0.05, 0.1) is 12.1 Å². The van der Waals surface area contributed by atoms with Gasteiger partial charge in [-0.2, -0.15) is 0 Å². The molecule has 1 rings (SSSR count). The van der Waals surface area contributed by atoms with Gasteiger partial charge in [-0.05, 0) is 19.3 Å². The van der Waals surface area contributed by atoms with E-state index in [-0.39, 0.29) is 5.91 Å². The first kappa shape index (κ1) is 44.0. The van der Waals surface area contributed by atoms with Gasteiger partial charge in [-0.3, -0.25) is 9.59 Å². The van der Waals surface area contributed by atoms with Crippen molar-refractivity contribution in [3.05, 3.63) is 48.0 Å². The highest BCUT2D eigenvalue weighted by Crippen LogP contribution is 2.16. The molecule has 0 fully saturated rings. The number of rotatable bonds is 34. The van der Waals surface area contributed by atoms with Gasteiger partial charge in [0.1, 0.15) is 6.10 Å². The van der Waals surface area contributed by atoms with Crippen molar-refractivity contribution < 1.29 is 19.8 Å². The second kappa shape index (κ2) is 32.2. The van der Waals surface area contributed by atoms with Gasteiger partial charge in [-0.25, -0.2) is 0 Å². The summed E-state index contributed by atoms with van der Waals surface area (Å²) < 4.78 is 0. The number of ketones is 1. The third-order valence-corrected chi connectivity index (χ3v) is 9.68. The van der Waals surface area contributed by atoms with Crippen LogP contribution in [0.4, 0.5) is 0 Å². The molecule has 0 aliphatic carbocycles. The van der Waals surface area contributed by atoms with Crippen LogP contribution in [0.25, 0.3) is 0 Å². The first-order chi connectivity index (χ1) is 23.5. The van der Waals surface area contributed by atoms with Gasteiger partial charge in [-0.1, -0.05) is 210 Å².